The van der Waals surface area contributed by atoms with E-state index in [2.05, 4.69) is 4.74 Å². The molecule has 66 valence electrons. The SMILES string of the molecule is CCC[C@@H](CO)CC(=O)OC. The summed E-state index contributed by atoms with van der Waals surface area (Å²) in [6, 6.07) is 0. The molecule has 0 bridgehead atoms. The highest BCUT2D eigenvalue weighted by Crippen LogP contribution is 2.10. The van der Waals surface area contributed by atoms with Crippen molar-refractivity contribution in [2.24, 2.45) is 5.92 Å². The summed E-state index contributed by atoms with van der Waals surface area (Å²) in [7, 11) is 1.36. The van der Waals surface area contributed by atoms with Crippen molar-refractivity contribution in [1.29, 1.82) is 0 Å². The maximum Gasteiger partial charge on any atom is 0.305 e. The van der Waals surface area contributed by atoms with Crippen LogP contribution in [0, 0.1) is 5.92 Å². The molecule has 0 aromatic rings. The second kappa shape index (κ2) is 6.16. The van der Waals surface area contributed by atoms with Gasteiger partial charge in [0, 0.05) is 6.61 Å². The second-order valence-corrected chi connectivity index (χ2v) is 2.62. The minimum absolute atomic E-state index is 0.0724. The van der Waals surface area contributed by atoms with Crippen LogP contribution in [0.15, 0.2) is 0 Å². The number of aliphatic hydroxyl groups excluding tert-OH is 1. The van der Waals surface area contributed by atoms with Crippen molar-refractivity contribution in [2.45, 2.75) is 26.2 Å². The summed E-state index contributed by atoms with van der Waals surface area (Å²) < 4.78 is 4.48. The van der Waals surface area contributed by atoms with Gasteiger partial charge in [-0.15, -0.1) is 0 Å². The zero-order chi connectivity index (χ0) is 8.69. The van der Waals surface area contributed by atoms with E-state index in [-0.39, 0.29) is 18.5 Å². The summed E-state index contributed by atoms with van der Waals surface area (Å²) in [6.07, 6.45) is 2.20. The summed E-state index contributed by atoms with van der Waals surface area (Å²) >= 11 is 0. The fraction of sp³-hybridized carbons (Fsp3) is 0.875. The average molecular weight is 160 g/mol. The van der Waals surface area contributed by atoms with Crippen LogP contribution in [0.4, 0.5) is 0 Å². The standard InChI is InChI=1S/C8H16O3/c1-3-4-7(6-9)5-8(10)11-2/h7,9H,3-6H2,1-2H3/t7-/m1/s1. The molecular formula is C8H16O3. The van der Waals surface area contributed by atoms with Gasteiger partial charge in [-0.05, 0) is 12.3 Å². The fourth-order valence-electron chi connectivity index (χ4n) is 0.985. The largest absolute Gasteiger partial charge is 0.469 e. The molecule has 0 saturated carbocycles. The van der Waals surface area contributed by atoms with Crippen LogP contribution in [0.2, 0.25) is 0 Å². The Morgan fingerprint density at radius 3 is 2.64 bits per heavy atom. The number of methoxy groups -OCH3 is 1. The molecule has 0 radical (unpaired) electrons. The molecule has 0 fully saturated rings. The van der Waals surface area contributed by atoms with Crippen molar-refractivity contribution in [3.8, 4) is 0 Å². The highest BCUT2D eigenvalue weighted by atomic mass is 16.5. The van der Waals surface area contributed by atoms with Crippen molar-refractivity contribution < 1.29 is 14.6 Å². The van der Waals surface area contributed by atoms with Gasteiger partial charge in [0.25, 0.3) is 0 Å². The van der Waals surface area contributed by atoms with Crippen molar-refractivity contribution in [2.75, 3.05) is 13.7 Å². The molecule has 0 aliphatic carbocycles. The minimum Gasteiger partial charge on any atom is -0.469 e. The maximum atomic E-state index is 10.7. The third-order valence-corrected chi connectivity index (χ3v) is 1.64. The van der Waals surface area contributed by atoms with Crippen molar-refractivity contribution in [3.05, 3.63) is 0 Å². The first-order chi connectivity index (χ1) is 5.24. The van der Waals surface area contributed by atoms with Crippen molar-refractivity contribution >= 4 is 5.97 Å². The molecule has 3 nitrogen and oxygen atoms in total. The molecule has 0 amide bonds. The van der Waals surface area contributed by atoms with E-state index < -0.39 is 0 Å². The third kappa shape index (κ3) is 4.79. The predicted octanol–water partition coefficient (Wildman–Crippen LogP) is 0.958. The van der Waals surface area contributed by atoms with E-state index in [0.29, 0.717) is 6.42 Å². The molecule has 0 saturated heterocycles. The number of carbonyl (C=O) groups excluding carboxylic acids is 1. The van der Waals surface area contributed by atoms with Crippen LogP contribution < -0.4 is 0 Å². The normalized spacial score (nSPS) is 12.6. The molecule has 3 heteroatoms. The molecule has 11 heavy (non-hydrogen) atoms. The van der Waals surface area contributed by atoms with Gasteiger partial charge < -0.3 is 9.84 Å². The molecule has 0 aromatic heterocycles. The lowest BCUT2D eigenvalue weighted by molar-refractivity contribution is -0.142. The zero-order valence-electron chi connectivity index (χ0n) is 7.17. The van der Waals surface area contributed by atoms with Crippen LogP contribution in [0.3, 0.4) is 0 Å². The molecular weight excluding hydrogens is 144 g/mol. The minimum atomic E-state index is -0.238. The van der Waals surface area contributed by atoms with Gasteiger partial charge in [-0.25, -0.2) is 0 Å². The lowest BCUT2D eigenvalue weighted by atomic mass is 10.0. The molecule has 0 spiro atoms. The van der Waals surface area contributed by atoms with Gasteiger partial charge in [0.1, 0.15) is 0 Å². The first kappa shape index (κ1) is 10.4. The van der Waals surface area contributed by atoms with Gasteiger partial charge in [0.05, 0.1) is 13.5 Å². The van der Waals surface area contributed by atoms with Gasteiger partial charge in [-0.2, -0.15) is 0 Å². The Morgan fingerprint density at radius 1 is 1.64 bits per heavy atom. The number of hydrogen-bond donors (Lipinski definition) is 1. The molecule has 1 N–H and O–H groups in total. The van der Waals surface area contributed by atoms with Gasteiger partial charge in [-0.3, -0.25) is 4.79 Å². The van der Waals surface area contributed by atoms with E-state index in [1.165, 1.54) is 7.11 Å². The van der Waals surface area contributed by atoms with Crippen LogP contribution in [0.1, 0.15) is 26.2 Å². The monoisotopic (exact) mass is 160 g/mol. The van der Waals surface area contributed by atoms with Crippen LogP contribution in [-0.4, -0.2) is 24.8 Å². The maximum absolute atomic E-state index is 10.7. The summed E-state index contributed by atoms with van der Waals surface area (Å²) in [4.78, 5) is 10.7. The van der Waals surface area contributed by atoms with Gasteiger partial charge in [0.2, 0.25) is 0 Å². The highest BCUT2D eigenvalue weighted by Gasteiger charge is 2.11. The average Bonchev–Trinajstić information content (AvgIpc) is 2.03. The van der Waals surface area contributed by atoms with Gasteiger partial charge in [0.15, 0.2) is 0 Å². The molecule has 0 unspecified atom stereocenters. The summed E-state index contributed by atoms with van der Waals surface area (Å²) in [6.45, 7) is 2.10. The van der Waals surface area contributed by atoms with E-state index in [0.717, 1.165) is 12.8 Å². The molecule has 0 aliphatic rings. The first-order valence-corrected chi connectivity index (χ1v) is 3.92. The van der Waals surface area contributed by atoms with E-state index in [1.807, 2.05) is 6.92 Å². The third-order valence-electron chi connectivity index (χ3n) is 1.64. The van der Waals surface area contributed by atoms with E-state index >= 15 is 0 Å². The van der Waals surface area contributed by atoms with Crippen LogP contribution in [-0.2, 0) is 9.53 Å². The van der Waals surface area contributed by atoms with Gasteiger partial charge in [-0.1, -0.05) is 13.3 Å². The van der Waals surface area contributed by atoms with Crippen LogP contribution >= 0.6 is 0 Å². The van der Waals surface area contributed by atoms with E-state index in [1.54, 1.807) is 0 Å². The topological polar surface area (TPSA) is 46.5 Å². The Morgan fingerprint density at radius 2 is 2.27 bits per heavy atom. The number of rotatable bonds is 5. The molecule has 1 atom stereocenters. The zero-order valence-corrected chi connectivity index (χ0v) is 7.17. The number of carbonyl (C=O) groups is 1. The molecule has 0 aliphatic heterocycles. The Kier molecular flexibility index (Phi) is 5.84. The Balaban J connectivity index is 3.58. The Hall–Kier alpha value is -0.570. The van der Waals surface area contributed by atoms with Crippen molar-refractivity contribution in [1.82, 2.24) is 0 Å². The summed E-state index contributed by atoms with van der Waals surface area (Å²) in [5, 5.41) is 8.79. The van der Waals surface area contributed by atoms with Crippen molar-refractivity contribution in [3.63, 3.8) is 0 Å². The second-order valence-electron chi connectivity index (χ2n) is 2.62. The van der Waals surface area contributed by atoms with E-state index in [4.69, 9.17) is 5.11 Å². The van der Waals surface area contributed by atoms with Gasteiger partial charge >= 0.3 is 5.97 Å². The molecule has 0 rings (SSSR count). The lowest BCUT2D eigenvalue weighted by Gasteiger charge is -2.10. The van der Waals surface area contributed by atoms with Crippen LogP contribution in [0.25, 0.3) is 0 Å². The fourth-order valence-corrected chi connectivity index (χ4v) is 0.985. The van der Waals surface area contributed by atoms with E-state index in [9.17, 15) is 4.79 Å². The molecule has 0 aromatic carbocycles. The predicted molar refractivity (Wildman–Crippen MR) is 42.1 cm³/mol. The summed E-state index contributed by atoms with van der Waals surface area (Å²) in [5.41, 5.74) is 0. The number of esters is 1. The summed E-state index contributed by atoms with van der Waals surface area (Å²) in [5.74, 6) is -0.162. The first-order valence-electron chi connectivity index (χ1n) is 3.92. The molecule has 0 heterocycles. The number of hydrogen-bond acceptors (Lipinski definition) is 3. The number of aliphatic hydroxyl groups is 1. The van der Waals surface area contributed by atoms with Crippen LogP contribution in [0.5, 0.6) is 0 Å². The Bertz CT molecular complexity index is 112. The lowest BCUT2D eigenvalue weighted by Crippen LogP contribution is -2.13. The highest BCUT2D eigenvalue weighted by molar-refractivity contribution is 5.69. The smallest absolute Gasteiger partial charge is 0.305 e. The quantitative estimate of drug-likeness (QED) is 0.609. The number of ether oxygens (including phenoxy) is 1. The Labute approximate surface area is 67.4 Å².